The van der Waals surface area contributed by atoms with E-state index in [2.05, 4.69) is 36.5 Å². The number of carbonyl (C=O) groups is 1. The number of aryl methyl sites for hydroxylation is 2. The van der Waals surface area contributed by atoms with Crippen molar-refractivity contribution in [2.24, 2.45) is 0 Å². The molecule has 0 aromatic heterocycles. The van der Waals surface area contributed by atoms with Crippen molar-refractivity contribution in [2.75, 3.05) is 13.2 Å². The van der Waals surface area contributed by atoms with Crippen molar-refractivity contribution in [1.82, 2.24) is 5.32 Å². The van der Waals surface area contributed by atoms with Gasteiger partial charge in [0.05, 0.1) is 6.61 Å². The summed E-state index contributed by atoms with van der Waals surface area (Å²) in [5.74, 6) is 0.956. The molecule has 1 amide bonds. The highest BCUT2D eigenvalue weighted by molar-refractivity contribution is 5.75. The minimum absolute atomic E-state index is 0.103. The molecule has 3 nitrogen and oxygen atoms in total. The maximum Gasteiger partial charge on any atom is 0.220 e. The highest BCUT2D eigenvalue weighted by Crippen LogP contribution is 2.09. The van der Waals surface area contributed by atoms with Gasteiger partial charge in [0, 0.05) is 13.0 Å². The van der Waals surface area contributed by atoms with E-state index < -0.39 is 0 Å². The Bertz CT molecular complexity index is 596. The third-order valence-electron chi connectivity index (χ3n) is 3.61. The molecule has 0 saturated heterocycles. The lowest BCUT2D eigenvalue weighted by atomic mass is 10.1. The number of carbonyl (C=O) groups excluding carboxylic acids is 1. The van der Waals surface area contributed by atoms with E-state index in [0.29, 0.717) is 13.0 Å². The van der Waals surface area contributed by atoms with Crippen LogP contribution in [0, 0.1) is 6.92 Å². The van der Waals surface area contributed by atoms with Crippen LogP contribution in [0.25, 0.3) is 0 Å². The van der Waals surface area contributed by atoms with Crippen LogP contribution in [0.4, 0.5) is 0 Å². The Morgan fingerprint density at radius 1 is 1.04 bits per heavy atom. The zero-order valence-corrected chi connectivity index (χ0v) is 13.8. The van der Waals surface area contributed by atoms with Crippen molar-refractivity contribution in [3.8, 4) is 5.75 Å². The molecule has 0 unspecified atom stereocenters. The second-order valence-corrected chi connectivity index (χ2v) is 5.71. The quantitative estimate of drug-likeness (QED) is 0.713. The molecule has 0 heterocycles. The highest BCUT2D eigenvalue weighted by Gasteiger charge is 2.01. The van der Waals surface area contributed by atoms with Crippen molar-refractivity contribution >= 4 is 5.91 Å². The maximum absolute atomic E-state index is 11.8. The fraction of sp³-hybridized carbons (Fsp3) is 0.350. The average Bonchev–Trinajstić information content (AvgIpc) is 2.57. The Kier molecular flexibility index (Phi) is 7.18. The Hall–Kier alpha value is -2.29. The van der Waals surface area contributed by atoms with E-state index in [4.69, 9.17) is 4.74 Å². The number of nitrogens with one attached hydrogen (secondary N) is 1. The molecule has 0 atom stereocenters. The first-order chi connectivity index (χ1) is 11.2. The highest BCUT2D eigenvalue weighted by atomic mass is 16.5. The second kappa shape index (κ2) is 9.67. The SMILES string of the molecule is Cc1cccc(CCCNC(=O)CCCOc2ccccc2)c1. The summed E-state index contributed by atoms with van der Waals surface area (Å²) in [5, 5.41) is 2.97. The van der Waals surface area contributed by atoms with Crippen LogP contribution in [-0.2, 0) is 11.2 Å². The van der Waals surface area contributed by atoms with Crippen LogP contribution in [-0.4, -0.2) is 19.1 Å². The first kappa shape index (κ1) is 17.1. The molecule has 0 bridgehead atoms. The van der Waals surface area contributed by atoms with Crippen LogP contribution in [0.5, 0.6) is 5.75 Å². The van der Waals surface area contributed by atoms with E-state index in [-0.39, 0.29) is 5.91 Å². The van der Waals surface area contributed by atoms with E-state index in [1.165, 1.54) is 11.1 Å². The van der Waals surface area contributed by atoms with Crippen LogP contribution in [0.15, 0.2) is 54.6 Å². The number of benzene rings is 2. The first-order valence-corrected chi connectivity index (χ1v) is 8.24. The lowest BCUT2D eigenvalue weighted by molar-refractivity contribution is -0.121. The van der Waals surface area contributed by atoms with Gasteiger partial charge in [0.15, 0.2) is 0 Å². The molecule has 2 rings (SSSR count). The summed E-state index contributed by atoms with van der Waals surface area (Å²) in [6.07, 6.45) is 3.21. The summed E-state index contributed by atoms with van der Waals surface area (Å²) in [6.45, 7) is 3.40. The summed E-state index contributed by atoms with van der Waals surface area (Å²) >= 11 is 0. The molecular weight excluding hydrogens is 286 g/mol. The molecule has 0 spiro atoms. The van der Waals surface area contributed by atoms with Gasteiger partial charge in [-0.25, -0.2) is 0 Å². The Morgan fingerprint density at radius 2 is 1.87 bits per heavy atom. The molecule has 23 heavy (non-hydrogen) atoms. The molecule has 0 saturated carbocycles. The Labute approximate surface area is 138 Å². The summed E-state index contributed by atoms with van der Waals surface area (Å²) in [6, 6.07) is 18.2. The van der Waals surface area contributed by atoms with Gasteiger partial charge in [0.2, 0.25) is 5.91 Å². The molecule has 1 N–H and O–H groups in total. The summed E-state index contributed by atoms with van der Waals surface area (Å²) in [7, 11) is 0. The minimum Gasteiger partial charge on any atom is -0.494 e. The molecule has 0 aliphatic rings. The lowest BCUT2D eigenvalue weighted by Crippen LogP contribution is -2.24. The van der Waals surface area contributed by atoms with Gasteiger partial charge in [0.1, 0.15) is 5.75 Å². The van der Waals surface area contributed by atoms with Gasteiger partial charge in [-0.15, -0.1) is 0 Å². The van der Waals surface area contributed by atoms with Gasteiger partial charge in [-0.1, -0.05) is 48.0 Å². The minimum atomic E-state index is 0.103. The van der Waals surface area contributed by atoms with E-state index in [0.717, 1.165) is 31.6 Å². The van der Waals surface area contributed by atoms with Crippen molar-refractivity contribution in [2.45, 2.75) is 32.6 Å². The van der Waals surface area contributed by atoms with Gasteiger partial charge < -0.3 is 10.1 Å². The van der Waals surface area contributed by atoms with Gasteiger partial charge in [-0.05, 0) is 43.9 Å². The summed E-state index contributed by atoms with van der Waals surface area (Å²) in [5.41, 5.74) is 2.61. The fourth-order valence-corrected chi connectivity index (χ4v) is 2.42. The van der Waals surface area contributed by atoms with Gasteiger partial charge in [0.25, 0.3) is 0 Å². The molecule has 122 valence electrons. The molecule has 0 fully saturated rings. The monoisotopic (exact) mass is 311 g/mol. The fourth-order valence-electron chi connectivity index (χ4n) is 2.42. The van der Waals surface area contributed by atoms with E-state index in [1.807, 2.05) is 30.3 Å². The summed E-state index contributed by atoms with van der Waals surface area (Å²) < 4.78 is 5.57. The van der Waals surface area contributed by atoms with Crippen LogP contribution in [0.1, 0.15) is 30.4 Å². The standard InChI is InChI=1S/C20H25NO2/c1-17-8-5-9-18(16-17)10-6-14-21-20(22)13-7-15-23-19-11-3-2-4-12-19/h2-5,8-9,11-12,16H,6-7,10,13-15H2,1H3,(H,21,22). The first-order valence-electron chi connectivity index (χ1n) is 8.24. The van der Waals surface area contributed by atoms with Crippen molar-refractivity contribution in [3.05, 3.63) is 65.7 Å². The van der Waals surface area contributed by atoms with Crippen molar-refractivity contribution < 1.29 is 9.53 Å². The number of rotatable bonds is 9. The molecule has 0 aliphatic carbocycles. The maximum atomic E-state index is 11.8. The van der Waals surface area contributed by atoms with Crippen LogP contribution in [0.3, 0.4) is 0 Å². The number of hydrogen-bond acceptors (Lipinski definition) is 2. The number of para-hydroxylation sites is 1. The lowest BCUT2D eigenvalue weighted by Gasteiger charge is -2.07. The van der Waals surface area contributed by atoms with Gasteiger partial charge in [-0.2, -0.15) is 0 Å². The normalized spacial score (nSPS) is 10.3. The van der Waals surface area contributed by atoms with E-state index >= 15 is 0 Å². The number of ether oxygens (including phenoxy) is 1. The molecule has 0 radical (unpaired) electrons. The average molecular weight is 311 g/mol. The third-order valence-corrected chi connectivity index (χ3v) is 3.61. The molecule has 2 aromatic carbocycles. The Balaban J connectivity index is 1.52. The van der Waals surface area contributed by atoms with Crippen LogP contribution < -0.4 is 10.1 Å². The molecular formula is C20H25NO2. The smallest absolute Gasteiger partial charge is 0.220 e. The van der Waals surface area contributed by atoms with Crippen molar-refractivity contribution in [1.29, 1.82) is 0 Å². The number of amides is 1. The predicted octanol–water partition coefficient (Wildman–Crippen LogP) is 3.90. The molecule has 3 heteroatoms. The topological polar surface area (TPSA) is 38.3 Å². The summed E-state index contributed by atoms with van der Waals surface area (Å²) in [4.78, 5) is 11.8. The zero-order chi connectivity index (χ0) is 16.3. The number of hydrogen-bond donors (Lipinski definition) is 1. The second-order valence-electron chi connectivity index (χ2n) is 5.71. The largest absolute Gasteiger partial charge is 0.494 e. The molecule has 2 aromatic rings. The van der Waals surface area contributed by atoms with Crippen molar-refractivity contribution in [3.63, 3.8) is 0 Å². The van der Waals surface area contributed by atoms with Crippen LogP contribution >= 0.6 is 0 Å². The Morgan fingerprint density at radius 3 is 2.65 bits per heavy atom. The van der Waals surface area contributed by atoms with E-state index in [1.54, 1.807) is 0 Å². The van der Waals surface area contributed by atoms with E-state index in [9.17, 15) is 4.79 Å². The molecule has 0 aliphatic heterocycles. The van der Waals surface area contributed by atoms with Crippen LogP contribution in [0.2, 0.25) is 0 Å². The third kappa shape index (κ3) is 7.00. The zero-order valence-electron chi connectivity index (χ0n) is 13.8. The predicted molar refractivity (Wildman–Crippen MR) is 93.7 cm³/mol. The van der Waals surface area contributed by atoms with Gasteiger partial charge >= 0.3 is 0 Å². The van der Waals surface area contributed by atoms with Gasteiger partial charge in [-0.3, -0.25) is 4.79 Å².